The summed E-state index contributed by atoms with van der Waals surface area (Å²) in [6, 6.07) is 0. The highest BCUT2D eigenvalue weighted by molar-refractivity contribution is 4.93. The summed E-state index contributed by atoms with van der Waals surface area (Å²) >= 11 is 0. The van der Waals surface area contributed by atoms with Gasteiger partial charge in [0.15, 0.2) is 0 Å². The van der Waals surface area contributed by atoms with E-state index in [0.29, 0.717) is 5.92 Å². The Bertz CT molecular complexity index is 159. The van der Waals surface area contributed by atoms with E-state index in [1.54, 1.807) is 0 Å². The van der Waals surface area contributed by atoms with Crippen LogP contribution >= 0.6 is 0 Å². The Kier molecular flexibility index (Phi) is 8.55. The van der Waals surface area contributed by atoms with Gasteiger partial charge in [0.05, 0.1) is 0 Å². The van der Waals surface area contributed by atoms with E-state index in [1.807, 2.05) is 0 Å². The third kappa shape index (κ3) is 9.84. The molecule has 0 bridgehead atoms. The van der Waals surface area contributed by atoms with Crippen LogP contribution in [-0.2, 0) is 0 Å². The smallest absolute Gasteiger partial charge is 0.0143 e. The molecule has 1 nitrogen and oxygen atoms in total. The molecule has 0 radical (unpaired) electrons. The standard InChI is InChI=1S/C14H29N/c1-12(2)10-8-6-7-9-11-15-14(5)13(3)4/h12-13,15H,5-11H2,1-4H3. The quantitative estimate of drug-likeness (QED) is 0.559. The first-order valence-corrected chi connectivity index (χ1v) is 6.46. The normalized spacial score (nSPS) is 11.1. The molecule has 90 valence electrons. The van der Waals surface area contributed by atoms with Crippen molar-refractivity contribution >= 4 is 0 Å². The molecule has 0 amide bonds. The van der Waals surface area contributed by atoms with Crippen LogP contribution in [0, 0.1) is 11.8 Å². The fraction of sp³-hybridized carbons (Fsp3) is 0.857. The van der Waals surface area contributed by atoms with Crippen LogP contribution in [0.4, 0.5) is 0 Å². The molecule has 15 heavy (non-hydrogen) atoms. The monoisotopic (exact) mass is 211 g/mol. The molecule has 0 aromatic rings. The van der Waals surface area contributed by atoms with Crippen molar-refractivity contribution in [2.45, 2.75) is 59.8 Å². The molecule has 0 heterocycles. The van der Waals surface area contributed by atoms with Crippen molar-refractivity contribution in [3.8, 4) is 0 Å². The molecular formula is C14H29N. The van der Waals surface area contributed by atoms with E-state index in [-0.39, 0.29) is 0 Å². The molecule has 0 aliphatic heterocycles. The van der Waals surface area contributed by atoms with Gasteiger partial charge in [-0.1, -0.05) is 60.0 Å². The van der Waals surface area contributed by atoms with Crippen LogP contribution in [0.1, 0.15) is 59.8 Å². The maximum Gasteiger partial charge on any atom is 0.0143 e. The zero-order valence-corrected chi connectivity index (χ0v) is 11.1. The topological polar surface area (TPSA) is 12.0 Å². The summed E-state index contributed by atoms with van der Waals surface area (Å²) in [6.45, 7) is 14.1. The molecule has 0 atom stereocenters. The zero-order valence-electron chi connectivity index (χ0n) is 11.1. The summed E-state index contributed by atoms with van der Waals surface area (Å²) in [5.41, 5.74) is 1.18. The molecule has 0 aromatic carbocycles. The van der Waals surface area contributed by atoms with E-state index < -0.39 is 0 Å². The lowest BCUT2D eigenvalue weighted by Gasteiger charge is -2.12. The third-order valence-corrected chi connectivity index (χ3v) is 2.76. The van der Waals surface area contributed by atoms with E-state index in [4.69, 9.17) is 0 Å². The second-order valence-corrected chi connectivity index (χ2v) is 5.20. The van der Waals surface area contributed by atoms with Gasteiger partial charge in [-0.05, 0) is 18.3 Å². The Balaban J connectivity index is 3.15. The summed E-state index contributed by atoms with van der Waals surface area (Å²) in [5, 5.41) is 3.39. The Labute approximate surface area is 96.3 Å². The summed E-state index contributed by atoms with van der Waals surface area (Å²) in [6.07, 6.45) is 6.79. The molecular weight excluding hydrogens is 182 g/mol. The molecule has 0 aromatic heterocycles. The van der Waals surface area contributed by atoms with Crippen LogP contribution in [0.25, 0.3) is 0 Å². The zero-order chi connectivity index (χ0) is 11.7. The molecule has 1 heteroatoms. The molecule has 0 spiro atoms. The van der Waals surface area contributed by atoms with Crippen molar-refractivity contribution in [1.82, 2.24) is 5.32 Å². The molecule has 0 saturated carbocycles. The maximum absolute atomic E-state index is 4.00. The molecule has 0 saturated heterocycles. The van der Waals surface area contributed by atoms with Gasteiger partial charge in [0.25, 0.3) is 0 Å². The minimum atomic E-state index is 0.561. The van der Waals surface area contributed by atoms with E-state index in [0.717, 1.165) is 12.5 Å². The molecule has 0 aliphatic carbocycles. The lowest BCUT2D eigenvalue weighted by Crippen LogP contribution is -2.17. The molecule has 1 N–H and O–H groups in total. The van der Waals surface area contributed by atoms with Gasteiger partial charge in [0.2, 0.25) is 0 Å². The van der Waals surface area contributed by atoms with Crippen LogP contribution in [0.3, 0.4) is 0 Å². The number of allylic oxidation sites excluding steroid dienone is 1. The Hall–Kier alpha value is -0.460. The molecule has 0 unspecified atom stereocenters. The number of rotatable bonds is 9. The van der Waals surface area contributed by atoms with Gasteiger partial charge in [-0.2, -0.15) is 0 Å². The molecule has 0 rings (SSSR count). The second kappa shape index (κ2) is 8.82. The summed E-state index contributed by atoms with van der Waals surface area (Å²) < 4.78 is 0. The van der Waals surface area contributed by atoms with Gasteiger partial charge in [-0.15, -0.1) is 0 Å². The van der Waals surface area contributed by atoms with Crippen LogP contribution in [0.5, 0.6) is 0 Å². The van der Waals surface area contributed by atoms with Gasteiger partial charge < -0.3 is 5.32 Å². The average molecular weight is 211 g/mol. The fourth-order valence-corrected chi connectivity index (χ4v) is 1.48. The number of nitrogens with one attached hydrogen (secondary N) is 1. The number of hydrogen-bond acceptors (Lipinski definition) is 1. The Morgan fingerprint density at radius 1 is 1.00 bits per heavy atom. The highest BCUT2D eigenvalue weighted by Gasteiger charge is 1.98. The van der Waals surface area contributed by atoms with Crippen LogP contribution < -0.4 is 5.32 Å². The Morgan fingerprint density at radius 2 is 1.60 bits per heavy atom. The van der Waals surface area contributed by atoms with Crippen molar-refractivity contribution in [3.63, 3.8) is 0 Å². The summed E-state index contributed by atoms with van der Waals surface area (Å²) in [7, 11) is 0. The van der Waals surface area contributed by atoms with Gasteiger partial charge in [0.1, 0.15) is 0 Å². The maximum atomic E-state index is 4.00. The first-order valence-electron chi connectivity index (χ1n) is 6.46. The SMILES string of the molecule is C=C(NCCCCCCC(C)C)C(C)C. The van der Waals surface area contributed by atoms with E-state index >= 15 is 0 Å². The van der Waals surface area contributed by atoms with E-state index in [1.165, 1.54) is 37.8 Å². The fourth-order valence-electron chi connectivity index (χ4n) is 1.48. The first kappa shape index (κ1) is 14.5. The van der Waals surface area contributed by atoms with E-state index in [2.05, 4.69) is 39.6 Å². The van der Waals surface area contributed by atoms with Gasteiger partial charge in [-0.3, -0.25) is 0 Å². The van der Waals surface area contributed by atoms with Crippen LogP contribution in [-0.4, -0.2) is 6.54 Å². The first-order chi connectivity index (χ1) is 7.04. The number of hydrogen-bond donors (Lipinski definition) is 1. The summed E-state index contributed by atoms with van der Waals surface area (Å²) in [5.74, 6) is 1.43. The third-order valence-electron chi connectivity index (χ3n) is 2.76. The summed E-state index contributed by atoms with van der Waals surface area (Å²) in [4.78, 5) is 0. The Morgan fingerprint density at radius 3 is 2.13 bits per heavy atom. The second-order valence-electron chi connectivity index (χ2n) is 5.20. The van der Waals surface area contributed by atoms with Gasteiger partial charge >= 0.3 is 0 Å². The van der Waals surface area contributed by atoms with Crippen LogP contribution in [0.2, 0.25) is 0 Å². The van der Waals surface area contributed by atoms with Crippen LogP contribution in [0.15, 0.2) is 12.3 Å². The van der Waals surface area contributed by atoms with Crippen molar-refractivity contribution in [3.05, 3.63) is 12.3 Å². The largest absolute Gasteiger partial charge is 0.389 e. The lowest BCUT2D eigenvalue weighted by molar-refractivity contribution is 0.514. The highest BCUT2D eigenvalue weighted by Crippen LogP contribution is 2.09. The minimum Gasteiger partial charge on any atom is -0.389 e. The molecule has 0 aliphatic rings. The van der Waals surface area contributed by atoms with Gasteiger partial charge in [0, 0.05) is 12.2 Å². The number of unbranched alkanes of at least 4 members (excludes halogenated alkanes) is 3. The predicted octanol–water partition coefficient (Wildman–Crippen LogP) is 4.35. The van der Waals surface area contributed by atoms with Crippen molar-refractivity contribution < 1.29 is 0 Å². The lowest BCUT2D eigenvalue weighted by atomic mass is 10.0. The van der Waals surface area contributed by atoms with Crippen molar-refractivity contribution in [2.75, 3.05) is 6.54 Å². The van der Waals surface area contributed by atoms with Gasteiger partial charge in [-0.25, -0.2) is 0 Å². The van der Waals surface area contributed by atoms with E-state index in [9.17, 15) is 0 Å². The average Bonchev–Trinajstić information content (AvgIpc) is 2.15. The minimum absolute atomic E-state index is 0.561. The highest BCUT2D eigenvalue weighted by atomic mass is 14.9. The van der Waals surface area contributed by atoms with Crippen molar-refractivity contribution in [1.29, 1.82) is 0 Å². The molecule has 0 fully saturated rings. The predicted molar refractivity (Wildman–Crippen MR) is 69.9 cm³/mol. The van der Waals surface area contributed by atoms with Crippen molar-refractivity contribution in [2.24, 2.45) is 11.8 Å².